The molecule has 0 radical (unpaired) electrons. The van der Waals surface area contributed by atoms with Gasteiger partial charge in [-0.15, -0.1) is 0 Å². The normalized spacial score (nSPS) is 11.4. The molecule has 0 atom stereocenters. The van der Waals surface area contributed by atoms with Gasteiger partial charge in [0.25, 0.3) is 5.88 Å². The molecule has 1 heterocycles. The summed E-state index contributed by atoms with van der Waals surface area (Å²) in [6.07, 6.45) is -5.64. The molecule has 0 aliphatic carbocycles. The maximum absolute atomic E-state index is 13.2. The lowest BCUT2D eigenvalue weighted by Crippen LogP contribution is -2.14. The molecule has 1 aromatic heterocycles. The van der Waals surface area contributed by atoms with Gasteiger partial charge >= 0.3 is 6.18 Å². The van der Waals surface area contributed by atoms with Crippen LogP contribution in [0.5, 0.6) is 5.88 Å². The van der Waals surface area contributed by atoms with Crippen molar-refractivity contribution in [2.75, 3.05) is 18.5 Å². The Hall–Kier alpha value is -1.60. The molecule has 0 fully saturated rings. The van der Waals surface area contributed by atoms with E-state index in [1.54, 1.807) is 6.92 Å². The Bertz CT molecular complexity index is 408. The van der Waals surface area contributed by atoms with Gasteiger partial charge in [0.05, 0.1) is 13.0 Å². The van der Waals surface area contributed by atoms with E-state index in [0.717, 1.165) is 0 Å². The fraction of sp³-hybridized carbons (Fsp3) is 0.500. The largest absolute Gasteiger partial charge is 0.475 e. The first kappa shape index (κ1) is 14.5. The number of ether oxygens (including phenoxy) is 1. The Kier molecular flexibility index (Phi) is 4.69. The maximum atomic E-state index is 13.2. The Labute approximate surface area is 100.0 Å². The Morgan fingerprint density at radius 2 is 1.94 bits per heavy atom. The summed E-state index contributed by atoms with van der Waals surface area (Å²) in [5, 5.41) is 2.50. The molecule has 0 aliphatic heterocycles. The second-order valence-corrected chi connectivity index (χ2v) is 3.35. The zero-order chi connectivity index (χ0) is 13.8. The van der Waals surface area contributed by atoms with Crippen LogP contribution in [-0.4, -0.2) is 24.3 Å². The molecule has 102 valence electrons. The molecular weight excluding hydrogens is 259 g/mol. The van der Waals surface area contributed by atoms with Gasteiger partial charge in [-0.1, -0.05) is 0 Å². The quantitative estimate of drug-likeness (QED) is 0.835. The molecule has 0 unspecified atom stereocenters. The van der Waals surface area contributed by atoms with Crippen LogP contribution in [0, 0.1) is 11.6 Å². The highest BCUT2D eigenvalue weighted by molar-refractivity contribution is 5.39. The van der Waals surface area contributed by atoms with Gasteiger partial charge in [0, 0.05) is 12.6 Å². The SMILES string of the molecule is CCNc1nc(OCCC(F)(F)F)c(F)cc1F. The number of hydrogen-bond donors (Lipinski definition) is 1. The number of anilines is 1. The third-order valence-corrected chi connectivity index (χ3v) is 1.87. The average molecular weight is 270 g/mol. The van der Waals surface area contributed by atoms with Crippen molar-refractivity contribution in [3.63, 3.8) is 0 Å². The van der Waals surface area contributed by atoms with Gasteiger partial charge in [-0.3, -0.25) is 0 Å². The molecule has 0 spiro atoms. The van der Waals surface area contributed by atoms with E-state index in [-0.39, 0.29) is 5.82 Å². The third-order valence-electron chi connectivity index (χ3n) is 1.87. The molecule has 0 aliphatic rings. The molecule has 0 bridgehead atoms. The number of aromatic nitrogens is 1. The van der Waals surface area contributed by atoms with Crippen molar-refractivity contribution in [3.05, 3.63) is 17.7 Å². The predicted molar refractivity (Wildman–Crippen MR) is 54.5 cm³/mol. The van der Waals surface area contributed by atoms with Crippen LogP contribution in [0.25, 0.3) is 0 Å². The van der Waals surface area contributed by atoms with Crippen LogP contribution >= 0.6 is 0 Å². The van der Waals surface area contributed by atoms with E-state index >= 15 is 0 Å². The van der Waals surface area contributed by atoms with E-state index in [2.05, 4.69) is 15.0 Å². The minimum absolute atomic E-state index is 0.263. The summed E-state index contributed by atoms with van der Waals surface area (Å²) < 4.78 is 66.4. The first-order chi connectivity index (χ1) is 8.33. The van der Waals surface area contributed by atoms with Gasteiger partial charge in [-0.05, 0) is 6.92 Å². The van der Waals surface area contributed by atoms with E-state index in [9.17, 15) is 22.0 Å². The van der Waals surface area contributed by atoms with Gasteiger partial charge in [0.1, 0.15) is 0 Å². The Balaban J connectivity index is 2.73. The van der Waals surface area contributed by atoms with Crippen LogP contribution in [0.15, 0.2) is 6.07 Å². The number of pyridine rings is 1. The number of halogens is 5. The first-order valence-corrected chi connectivity index (χ1v) is 5.13. The van der Waals surface area contributed by atoms with Crippen molar-refractivity contribution in [1.82, 2.24) is 4.98 Å². The smallest absolute Gasteiger partial charge is 0.392 e. The molecular formula is C10H11F5N2O. The van der Waals surface area contributed by atoms with E-state index in [0.29, 0.717) is 12.6 Å². The van der Waals surface area contributed by atoms with Crippen molar-refractivity contribution in [2.24, 2.45) is 0 Å². The molecule has 1 N–H and O–H groups in total. The fourth-order valence-corrected chi connectivity index (χ4v) is 1.11. The molecule has 0 aromatic carbocycles. The van der Waals surface area contributed by atoms with Crippen LogP contribution in [0.2, 0.25) is 0 Å². The van der Waals surface area contributed by atoms with Gasteiger partial charge in [-0.2, -0.15) is 18.2 Å². The number of nitrogens with one attached hydrogen (secondary N) is 1. The maximum Gasteiger partial charge on any atom is 0.392 e. The van der Waals surface area contributed by atoms with E-state index in [1.165, 1.54) is 0 Å². The number of alkyl halides is 3. The van der Waals surface area contributed by atoms with E-state index < -0.39 is 36.7 Å². The minimum Gasteiger partial charge on any atom is -0.475 e. The van der Waals surface area contributed by atoms with Gasteiger partial charge in [-0.25, -0.2) is 8.78 Å². The van der Waals surface area contributed by atoms with Crippen LogP contribution in [0.1, 0.15) is 13.3 Å². The van der Waals surface area contributed by atoms with E-state index in [4.69, 9.17) is 0 Å². The zero-order valence-corrected chi connectivity index (χ0v) is 9.44. The Morgan fingerprint density at radius 3 is 2.50 bits per heavy atom. The number of hydrogen-bond acceptors (Lipinski definition) is 3. The van der Waals surface area contributed by atoms with Crippen LogP contribution in [0.3, 0.4) is 0 Å². The Morgan fingerprint density at radius 1 is 1.28 bits per heavy atom. The summed E-state index contributed by atoms with van der Waals surface area (Å²) in [5.74, 6) is -2.99. The fourth-order valence-electron chi connectivity index (χ4n) is 1.11. The molecule has 0 saturated heterocycles. The summed E-state index contributed by atoms with van der Waals surface area (Å²) in [4.78, 5) is 3.43. The lowest BCUT2D eigenvalue weighted by molar-refractivity contribution is -0.139. The van der Waals surface area contributed by atoms with Gasteiger partial charge < -0.3 is 10.1 Å². The molecule has 8 heteroatoms. The first-order valence-electron chi connectivity index (χ1n) is 5.13. The van der Waals surface area contributed by atoms with Crippen LogP contribution < -0.4 is 10.1 Å². The average Bonchev–Trinajstić information content (AvgIpc) is 2.23. The topological polar surface area (TPSA) is 34.2 Å². The van der Waals surface area contributed by atoms with Crippen LogP contribution in [-0.2, 0) is 0 Å². The van der Waals surface area contributed by atoms with Crippen LogP contribution in [0.4, 0.5) is 27.8 Å². The highest BCUT2D eigenvalue weighted by Crippen LogP contribution is 2.23. The summed E-state index contributed by atoms with van der Waals surface area (Å²) in [5.41, 5.74) is 0. The molecule has 0 saturated carbocycles. The second kappa shape index (κ2) is 5.83. The summed E-state index contributed by atoms with van der Waals surface area (Å²) in [6, 6.07) is 0.508. The highest BCUT2D eigenvalue weighted by Gasteiger charge is 2.27. The van der Waals surface area contributed by atoms with Crippen molar-refractivity contribution < 1.29 is 26.7 Å². The van der Waals surface area contributed by atoms with E-state index in [1.807, 2.05) is 0 Å². The van der Waals surface area contributed by atoms with Crippen molar-refractivity contribution in [3.8, 4) is 5.88 Å². The number of nitrogens with zero attached hydrogens (tertiary/aromatic N) is 1. The third kappa shape index (κ3) is 4.34. The lowest BCUT2D eigenvalue weighted by atomic mass is 10.4. The molecule has 18 heavy (non-hydrogen) atoms. The summed E-state index contributed by atoms with van der Waals surface area (Å²) in [6.45, 7) is 1.22. The van der Waals surface area contributed by atoms with Gasteiger partial charge in [0.2, 0.25) is 0 Å². The highest BCUT2D eigenvalue weighted by atomic mass is 19.4. The number of rotatable bonds is 5. The standard InChI is InChI=1S/C10H11F5N2O/c1-2-16-8-6(11)5-7(12)9(17-8)18-4-3-10(13,14)15/h5H,2-4H2,1H3,(H,16,17). The summed E-state index contributed by atoms with van der Waals surface area (Å²) in [7, 11) is 0. The van der Waals surface area contributed by atoms with Crippen molar-refractivity contribution in [2.45, 2.75) is 19.5 Å². The summed E-state index contributed by atoms with van der Waals surface area (Å²) >= 11 is 0. The lowest BCUT2D eigenvalue weighted by Gasteiger charge is -2.10. The molecule has 3 nitrogen and oxygen atoms in total. The minimum atomic E-state index is -4.40. The molecule has 1 aromatic rings. The monoisotopic (exact) mass is 270 g/mol. The van der Waals surface area contributed by atoms with Crippen molar-refractivity contribution >= 4 is 5.82 Å². The molecule has 1 rings (SSSR count). The van der Waals surface area contributed by atoms with Crippen molar-refractivity contribution in [1.29, 1.82) is 0 Å². The zero-order valence-electron chi connectivity index (χ0n) is 9.44. The second-order valence-electron chi connectivity index (χ2n) is 3.35. The van der Waals surface area contributed by atoms with Gasteiger partial charge in [0.15, 0.2) is 17.5 Å². The molecule has 0 amide bonds. The predicted octanol–water partition coefficient (Wildman–Crippen LogP) is 3.12.